The number of benzene rings is 2. The Balaban J connectivity index is 2.30. The number of para-hydroxylation sites is 1. The minimum absolute atomic E-state index is 0.185. The largest absolute Gasteiger partial charge is 0.496 e. The van der Waals surface area contributed by atoms with Crippen molar-refractivity contribution in [3.8, 4) is 17.1 Å². The van der Waals surface area contributed by atoms with Crippen LogP contribution in [-0.2, 0) is 0 Å². The van der Waals surface area contributed by atoms with E-state index in [9.17, 15) is 4.79 Å². The van der Waals surface area contributed by atoms with Gasteiger partial charge in [-0.15, -0.1) is 0 Å². The molecule has 0 radical (unpaired) electrons. The predicted molar refractivity (Wildman–Crippen MR) is 78.8 cm³/mol. The van der Waals surface area contributed by atoms with E-state index in [1.54, 1.807) is 43.5 Å². The van der Waals surface area contributed by atoms with Crippen molar-refractivity contribution >= 4 is 16.6 Å². The first-order valence-corrected chi connectivity index (χ1v) is 6.12. The normalized spacial score (nSPS) is 10.7. The molecule has 5 nitrogen and oxygen atoms in total. The number of anilines is 1. The second kappa shape index (κ2) is 4.70. The van der Waals surface area contributed by atoms with Crippen LogP contribution < -0.4 is 16.0 Å². The van der Waals surface area contributed by atoms with Gasteiger partial charge in [0.05, 0.1) is 23.6 Å². The van der Waals surface area contributed by atoms with Crippen LogP contribution in [0.2, 0.25) is 0 Å². The summed E-state index contributed by atoms with van der Waals surface area (Å²) in [4.78, 5) is 19.3. The van der Waals surface area contributed by atoms with Crippen LogP contribution in [0.25, 0.3) is 22.3 Å². The van der Waals surface area contributed by atoms with Gasteiger partial charge in [0.25, 0.3) is 5.56 Å². The Kier molecular flexibility index (Phi) is 2.87. The van der Waals surface area contributed by atoms with Gasteiger partial charge in [0.15, 0.2) is 0 Å². The number of nitrogen functional groups attached to an aromatic ring is 1. The summed E-state index contributed by atoms with van der Waals surface area (Å²) in [6, 6.07) is 12.4. The highest BCUT2D eigenvalue weighted by molar-refractivity contribution is 5.80. The van der Waals surface area contributed by atoms with Crippen LogP contribution >= 0.6 is 0 Å². The van der Waals surface area contributed by atoms with Crippen molar-refractivity contribution in [3.05, 3.63) is 52.8 Å². The average molecular weight is 267 g/mol. The number of H-pyrrole nitrogens is 1. The molecule has 0 atom stereocenters. The van der Waals surface area contributed by atoms with Gasteiger partial charge in [-0.2, -0.15) is 0 Å². The summed E-state index contributed by atoms with van der Waals surface area (Å²) in [5, 5.41) is 0.555. The highest BCUT2D eigenvalue weighted by atomic mass is 16.5. The van der Waals surface area contributed by atoms with E-state index in [1.165, 1.54) is 0 Å². The fraction of sp³-hybridized carbons (Fsp3) is 0.0667. The Bertz CT molecular complexity index is 840. The molecule has 2 aromatic carbocycles. The molecule has 1 aromatic heterocycles. The SMILES string of the molecule is COc1ccc(N)cc1-c1nc2ccccc2c(=O)[nH]1. The number of hydrogen-bond acceptors (Lipinski definition) is 4. The first-order chi connectivity index (χ1) is 9.69. The Morgan fingerprint density at radius 3 is 2.80 bits per heavy atom. The van der Waals surface area contributed by atoms with Crippen molar-refractivity contribution in [1.82, 2.24) is 9.97 Å². The van der Waals surface area contributed by atoms with Crippen molar-refractivity contribution in [2.45, 2.75) is 0 Å². The fourth-order valence-electron chi connectivity index (χ4n) is 2.12. The van der Waals surface area contributed by atoms with Gasteiger partial charge >= 0.3 is 0 Å². The van der Waals surface area contributed by atoms with Crippen LogP contribution in [-0.4, -0.2) is 17.1 Å². The fourth-order valence-corrected chi connectivity index (χ4v) is 2.12. The number of nitrogens with two attached hydrogens (primary N) is 1. The molecule has 3 aromatic rings. The monoisotopic (exact) mass is 267 g/mol. The van der Waals surface area contributed by atoms with Gasteiger partial charge in [-0.05, 0) is 30.3 Å². The van der Waals surface area contributed by atoms with Crippen LogP contribution in [0.3, 0.4) is 0 Å². The summed E-state index contributed by atoms with van der Waals surface area (Å²) in [6.45, 7) is 0. The smallest absolute Gasteiger partial charge is 0.259 e. The van der Waals surface area contributed by atoms with Crippen molar-refractivity contribution in [3.63, 3.8) is 0 Å². The van der Waals surface area contributed by atoms with Crippen molar-refractivity contribution < 1.29 is 4.74 Å². The number of aromatic amines is 1. The maximum Gasteiger partial charge on any atom is 0.259 e. The first-order valence-electron chi connectivity index (χ1n) is 6.12. The third kappa shape index (κ3) is 1.99. The van der Waals surface area contributed by atoms with E-state index < -0.39 is 0 Å². The second-order valence-electron chi connectivity index (χ2n) is 4.39. The first kappa shape index (κ1) is 12.2. The average Bonchev–Trinajstić information content (AvgIpc) is 2.47. The number of nitrogens with zero attached hydrogens (tertiary/aromatic N) is 1. The highest BCUT2D eigenvalue weighted by Crippen LogP contribution is 2.29. The van der Waals surface area contributed by atoms with E-state index in [2.05, 4.69) is 9.97 Å². The number of aromatic nitrogens is 2. The van der Waals surface area contributed by atoms with Crippen molar-refractivity contribution in [2.75, 3.05) is 12.8 Å². The molecule has 20 heavy (non-hydrogen) atoms. The summed E-state index contributed by atoms with van der Waals surface area (Å²) in [7, 11) is 1.56. The topological polar surface area (TPSA) is 81.0 Å². The zero-order chi connectivity index (χ0) is 14.1. The molecule has 0 unspecified atom stereocenters. The van der Waals surface area contributed by atoms with Crippen LogP contribution in [0.1, 0.15) is 0 Å². The Labute approximate surface area is 115 Å². The summed E-state index contributed by atoms with van der Waals surface area (Å²) in [6.07, 6.45) is 0. The van der Waals surface area contributed by atoms with Gasteiger partial charge < -0.3 is 15.5 Å². The summed E-state index contributed by atoms with van der Waals surface area (Å²) in [5.74, 6) is 1.05. The van der Waals surface area contributed by atoms with E-state index >= 15 is 0 Å². The quantitative estimate of drug-likeness (QED) is 0.697. The molecule has 0 fully saturated rings. The number of ether oxygens (including phenoxy) is 1. The molecule has 0 aliphatic heterocycles. The third-order valence-electron chi connectivity index (χ3n) is 3.09. The molecule has 1 heterocycles. The lowest BCUT2D eigenvalue weighted by atomic mass is 10.1. The van der Waals surface area contributed by atoms with E-state index in [4.69, 9.17) is 10.5 Å². The Hall–Kier alpha value is -2.82. The van der Waals surface area contributed by atoms with Crippen molar-refractivity contribution in [2.24, 2.45) is 0 Å². The molecular weight excluding hydrogens is 254 g/mol. The van der Waals surface area contributed by atoms with Gasteiger partial charge in [0.1, 0.15) is 11.6 Å². The minimum Gasteiger partial charge on any atom is -0.496 e. The van der Waals surface area contributed by atoms with E-state index in [1.807, 2.05) is 6.07 Å². The van der Waals surface area contributed by atoms with E-state index in [0.717, 1.165) is 0 Å². The Morgan fingerprint density at radius 1 is 1.20 bits per heavy atom. The van der Waals surface area contributed by atoms with E-state index in [-0.39, 0.29) is 5.56 Å². The molecule has 0 saturated heterocycles. The number of hydrogen-bond donors (Lipinski definition) is 2. The van der Waals surface area contributed by atoms with Crippen LogP contribution in [0, 0.1) is 0 Å². The van der Waals surface area contributed by atoms with Crippen LogP contribution in [0.15, 0.2) is 47.3 Å². The van der Waals surface area contributed by atoms with Gasteiger partial charge in [-0.3, -0.25) is 4.79 Å². The van der Waals surface area contributed by atoms with Crippen LogP contribution in [0.5, 0.6) is 5.75 Å². The lowest BCUT2D eigenvalue weighted by Gasteiger charge is -2.09. The lowest BCUT2D eigenvalue weighted by molar-refractivity contribution is 0.416. The van der Waals surface area contributed by atoms with E-state index in [0.29, 0.717) is 33.7 Å². The molecule has 0 amide bonds. The molecule has 0 aliphatic carbocycles. The summed E-state index contributed by atoms with van der Waals surface area (Å²) >= 11 is 0. The third-order valence-corrected chi connectivity index (χ3v) is 3.09. The molecule has 100 valence electrons. The summed E-state index contributed by atoms with van der Waals surface area (Å²) < 4.78 is 5.29. The maximum atomic E-state index is 12.1. The van der Waals surface area contributed by atoms with Gasteiger partial charge in [-0.1, -0.05) is 12.1 Å². The number of rotatable bonds is 2. The maximum absolute atomic E-state index is 12.1. The predicted octanol–water partition coefficient (Wildman–Crippen LogP) is 2.18. The Morgan fingerprint density at radius 2 is 2.00 bits per heavy atom. The molecule has 0 bridgehead atoms. The number of fused-ring (bicyclic) bond motifs is 1. The van der Waals surface area contributed by atoms with Crippen molar-refractivity contribution in [1.29, 1.82) is 0 Å². The lowest BCUT2D eigenvalue weighted by Crippen LogP contribution is -2.09. The molecular formula is C15H13N3O2. The highest BCUT2D eigenvalue weighted by Gasteiger charge is 2.10. The van der Waals surface area contributed by atoms with Gasteiger partial charge in [-0.25, -0.2) is 4.98 Å². The molecule has 0 aliphatic rings. The molecule has 0 saturated carbocycles. The number of nitrogens with one attached hydrogen (secondary N) is 1. The minimum atomic E-state index is -0.185. The zero-order valence-electron chi connectivity index (χ0n) is 10.9. The number of methoxy groups -OCH3 is 1. The summed E-state index contributed by atoms with van der Waals surface area (Å²) in [5.41, 5.74) is 7.49. The zero-order valence-corrected chi connectivity index (χ0v) is 10.9. The molecule has 5 heteroatoms. The molecule has 3 rings (SSSR count). The van der Waals surface area contributed by atoms with Gasteiger partial charge in [0.2, 0.25) is 0 Å². The van der Waals surface area contributed by atoms with Crippen LogP contribution in [0.4, 0.5) is 5.69 Å². The second-order valence-corrected chi connectivity index (χ2v) is 4.39. The van der Waals surface area contributed by atoms with Gasteiger partial charge in [0, 0.05) is 5.69 Å². The standard InChI is InChI=1S/C15H13N3O2/c1-20-13-7-6-9(16)8-11(13)14-17-12-5-3-2-4-10(12)15(19)18-14/h2-8H,16H2,1H3,(H,17,18,19). The molecule has 3 N–H and O–H groups in total. The molecule has 0 spiro atoms.